The predicted molar refractivity (Wildman–Crippen MR) is 68.5 cm³/mol. The highest BCUT2D eigenvalue weighted by Gasteiger charge is 2.23. The average Bonchev–Trinajstić information content (AvgIpc) is 2.35. The van der Waals surface area contributed by atoms with Gasteiger partial charge in [-0.2, -0.15) is 0 Å². The van der Waals surface area contributed by atoms with Crippen molar-refractivity contribution in [3.05, 3.63) is 36.4 Å². The van der Waals surface area contributed by atoms with Gasteiger partial charge in [0.15, 0.2) is 0 Å². The second kappa shape index (κ2) is 5.73. The van der Waals surface area contributed by atoms with Crippen molar-refractivity contribution in [2.45, 2.75) is 25.4 Å². The van der Waals surface area contributed by atoms with Crippen molar-refractivity contribution >= 4 is 0 Å². The first-order valence-electron chi connectivity index (χ1n) is 5.60. The molecule has 0 aliphatic heterocycles. The van der Waals surface area contributed by atoms with Gasteiger partial charge in [0.1, 0.15) is 11.5 Å². The fraction of sp³-hybridized carbons (Fsp3) is 0.429. The van der Waals surface area contributed by atoms with Crippen LogP contribution in [0.4, 0.5) is 0 Å². The lowest BCUT2D eigenvalue weighted by Gasteiger charge is -2.24. The summed E-state index contributed by atoms with van der Waals surface area (Å²) in [4.78, 5) is 0. The number of benzene rings is 1. The van der Waals surface area contributed by atoms with Crippen molar-refractivity contribution in [3.63, 3.8) is 0 Å². The minimum atomic E-state index is -0.907. The van der Waals surface area contributed by atoms with Gasteiger partial charge < -0.3 is 14.6 Å². The summed E-state index contributed by atoms with van der Waals surface area (Å²) in [5, 5.41) is 10.4. The fourth-order valence-electron chi connectivity index (χ4n) is 1.65. The summed E-state index contributed by atoms with van der Waals surface area (Å²) in [6.07, 6.45) is 3.17. The highest BCUT2D eigenvalue weighted by molar-refractivity contribution is 5.40. The summed E-state index contributed by atoms with van der Waals surface area (Å²) in [5.41, 5.74) is -0.119. The fourth-order valence-corrected chi connectivity index (χ4v) is 1.65. The van der Waals surface area contributed by atoms with Crippen molar-refractivity contribution in [2.75, 3.05) is 14.2 Å². The number of methoxy groups -OCH3 is 2. The van der Waals surface area contributed by atoms with E-state index in [0.717, 1.165) is 12.0 Å². The molecule has 1 unspecified atom stereocenters. The SMILES string of the molecule is C=CCCC(C)(O)c1cc(OC)cc(OC)c1. The Hall–Kier alpha value is -1.48. The number of allylic oxidation sites excluding steroid dienone is 1. The first-order chi connectivity index (χ1) is 8.03. The van der Waals surface area contributed by atoms with Gasteiger partial charge in [-0.05, 0) is 37.5 Å². The third-order valence-corrected chi connectivity index (χ3v) is 2.81. The summed E-state index contributed by atoms with van der Waals surface area (Å²) in [6.45, 7) is 5.45. The quantitative estimate of drug-likeness (QED) is 0.772. The predicted octanol–water partition coefficient (Wildman–Crippen LogP) is 2.88. The normalized spacial score (nSPS) is 13.9. The molecular weight excluding hydrogens is 216 g/mol. The summed E-state index contributed by atoms with van der Waals surface area (Å²) in [5.74, 6) is 1.36. The first kappa shape index (κ1) is 13.6. The molecule has 0 aliphatic carbocycles. The molecule has 1 aromatic rings. The van der Waals surface area contributed by atoms with Gasteiger partial charge >= 0.3 is 0 Å². The van der Waals surface area contributed by atoms with Crippen LogP contribution in [0.3, 0.4) is 0 Å². The zero-order chi connectivity index (χ0) is 12.9. The lowest BCUT2D eigenvalue weighted by Crippen LogP contribution is -2.20. The van der Waals surface area contributed by atoms with Crippen LogP contribution >= 0.6 is 0 Å². The van der Waals surface area contributed by atoms with E-state index in [9.17, 15) is 5.11 Å². The second-order valence-electron chi connectivity index (χ2n) is 4.20. The van der Waals surface area contributed by atoms with Crippen LogP contribution in [0.1, 0.15) is 25.3 Å². The number of aliphatic hydroxyl groups is 1. The lowest BCUT2D eigenvalue weighted by atomic mass is 9.91. The smallest absolute Gasteiger partial charge is 0.122 e. The maximum atomic E-state index is 10.4. The van der Waals surface area contributed by atoms with Gasteiger partial charge in [0.05, 0.1) is 19.8 Å². The van der Waals surface area contributed by atoms with Crippen LogP contribution in [0.2, 0.25) is 0 Å². The van der Waals surface area contributed by atoms with Gasteiger partial charge in [0.2, 0.25) is 0 Å². The van der Waals surface area contributed by atoms with E-state index in [-0.39, 0.29) is 0 Å². The number of hydrogen-bond acceptors (Lipinski definition) is 3. The van der Waals surface area contributed by atoms with Crippen LogP contribution in [0.5, 0.6) is 11.5 Å². The number of ether oxygens (including phenoxy) is 2. The molecule has 0 amide bonds. The third kappa shape index (κ3) is 3.49. The zero-order valence-corrected chi connectivity index (χ0v) is 10.7. The van der Waals surface area contributed by atoms with E-state index in [4.69, 9.17) is 9.47 Å². The van der Waals surface area contributed by atoms with Gasteiger partial charge in [0.25, 0.3) is 0 Å². The molecule has 0 spiro atoms. The Morgan fingerprint density at radius 1 is 1.24 bits per heavy atom. The molecule has 0 saturated heterocycles. The van der Waals surface area contributed by atoms with Crippen LogP contribution in [-0.2, 0) is 5.60 Å². The van der Waals surface area contributed by atoms with Gasteiger partial charge in [-0.15, -0.1) is 6.58 Å². The van der Waals surface area contributed by atoms with Crippen LogP contribution in [0.25, 0.3) is 0 Å². The van der Waals surface area contributed by atoms with E-state index in [1.165, 1.54) is 0 Å². The van der Waals surface area contributed by atoms with Crippen molar-refractivity contribution < 1.29 is 14.6 Å². The maximum absolute atomic E-state index is 10.4. The second-order valence-corrected chi connectivity index (χ2v) is 4.20. The molecule has 1 aromatic carbocycles. The lowest BCUT2D eigenvalue weighted by molar-refractivity contribution is 0.0483. The highest BCUT2D eigenvalue weighted by Crippen LogP contribution is 2.32. The molecule has 0 heterocycles. The standard InChI is InChI=1S/C14H20O3/c1-5-6-7-14(2,15)11-8-12(16-3)10-13(9-11)17-4/h5,8-10,15H,1,6-7H2,2-4H3. The zero-order valence-electron chi connectivity index (χ0n) is 10.7. The highest BCUT2D eigenvalue weighted by atomic mass is 16.5. The summed E-state index contributed by atoms with van der Waals surface area (Å²) >= 11 is 0. The number of hydrogen-bond donors (Lipinski definition) is 1. The van der Waals surface area contributed by atoms with Crippen LogP contribution in [-0.4, -0.2) is 19.3 Å². The van der Waals surface area contributed by atoms with E-state index in [1.807, 2.05) is 12.1 Å². The van der Waals surface area contributed by atoms with Crippen molar-refractivity contribution in [1.82, 2.24) is 0 Å². The Kier molecular flexibility index (Phi) is 4.58. The topological polar surface area (TPSA) is 38.7 Å². The molecular formula is C14H20O3. The van der Waals surface area contributed by atoms with Crippen LogP contribution < -0.4 is 9.47 Å². The van der Waals surface area contributed by atoms with Crippen molar-refractivity contribution in [3.8, 4) is 11.5 Å². The number of rotatable bonds is 6. The maximum Gasteiger partial charge on any atom is 0.122 e. The average molecular weight is 236 g/mol. The monoisotopic (exact) mass is 236 g/mol. The van der Waals surface area contributed by atoms with Gasteiger partial charge in [-0.1, -0.05) is 6.08 Å². The Labute approximate surface area is 103 Å². The van der Waals surface area contributed by atoms with Gasteiger partial charge in [0, 0.05) is 6.07 Å². The van der Waals surface area contributed by atoms with Crippen molar-refractivity contribution in [2.24, 2.45) is 0 Å². The van der Waals surface area contributed by atoms with Gasteiger partial charge in [-0.3, -0.25) is 0 Å². The first-order valence-corrected chi connectivity index (χ1v) is 5.60. The van der Waals surface area contributed by atoms with E-state index in [1.54, 1.807) is 33.3 Å². The Balaban J connectivity index is 3.06. The molecule has 0 radical (unpaired) electrons. The van der Waals surface area contributed by atoms with Crippen LogP contribution in [0, 0.1) is 0 Å². The largest absolute Gasteiger partial charge is 0.497 e. The molecule has 0 aliphatic rings. The third-order valence-electron chi connectivity index (χ3n) is 2.81. The van der Waals surface area contributed by atoms with Crippen LogP contribution in [0.15, 0.2) is 30.9 Å². The molecule has 17 heavy (non-hydrogen) atoms. The molecule has 1 atom stereocenters. The Morgan fingerprint density at radius 3 is 2.18 bits per heavy atom. The molecule has 94 valence electrons. The minimum Gasteiger partial charge on any atom is -0.497 e. The van der Waals surface area contributed by atoms with E-state index >= 15 is 0 Å². The minimum absolute atomic E-state index is 0.618. The molecule has 3 nitrogen and oxygen atoms in total. The summed E-state index contributed by atoms with van der Waals surface area (Å²) < 4.78 is 10.4. The molecule has 0 bridgehead atoms. The molecule has 1 rings (SSSR count). The Bertz CT molecular complexity index is 361. The summed E-state index contributed by atoms with van der Waals surface area (Å²) in [7, 11) is 3.19. The summed E-state index contributed by atoms with van der Waals surface area (Å²) in [6, 6.07) is 5.43. The molecule has 0 fully saturated rings. The molecule has 0 saturated carbocycles. The van der Waals surface area contributed by atoms with E-state index < -0.39 is 5.60 Å². The van der Waals surface area contributed by atoms with Crippen molar-refractivity contribution in [1.29, 1.82) is 0 Å². The molecule has 0 aromatic heterocycles. The van der Waals surface area contributed by atoms with Gasteiger partial charge in [-0.25, -0.2) is 0 Å². The van der Waals surface area contributed by atoms with E-state index in [0.29, 0.717) is 17.9 Å². The molecule has 1 N–H and O–H groups in total. The van der Waals surface area contributed by atoms with E-state index in [2.05, 4.69) is 6.58 Å². The Morgan fingerprint density at radius 2 is 1.76 bits per heavy atom. The molecule has 3 heteroatoms.